The first-order valence-electron chi connectivity index (χ1n) is 7.44. The second kappa shape index (κ2) is 6.29. The summed E-state index contributed by atoms with van der Waals surface area (Å²) in [6.45, 7) is 1.75. The number of fused-ring (bicyclic) bond motifs is 1. The van der Waals surface area contributed by atoms with Gasteiger partial charge < -0.3 is 10.6 Å². The van der Waals surface area contributed by atoms with Gasteiger partial charge in [0.15, 0.2) is 6.17 Å². The van der Waals surface area contributed by atoms with Crippen LogP contribution in [0.15, 0.2) is 47.4 Å². The van der Waals surface area contributed by atoms with E-state index < -0.39 is 33.8 Å². The van der Waals surface area contributed by atoms with Gasteiger partial charge in [-0.1, -0.05) is 18.2 Å². The van der Waals surface area contributed by atoms with Gasteiger partial charge in [0, 0.05) is 5.69 Å². The maximum absolute atomic E-state index is 12.9. The molecule has 1 amide bonds. The van der Waals surface area contributed by atoms with Crippen molar-refractivity contribution in [3.05, 3.63) is 53.6 Å². The van der Waals surface area contributed by atoms with E-state index in [2.05, 4.69) is 15.4 Å². The van der Waals surface area contributed by atoms with Gasteiger partial charge in [0.05, 0.1) is 11.3 Å². The highest BCUT2D eigenvalue weighted by Gasteiger charge is 2.37. The van der Waals surface area contributed by atoms with Gasteiger partial charge in [-0.25, -0.2) is 8.42 Å². The van der Waals surface area contributed by atoms with E-state index in [0.717, 1.165) is 11.6 Å². The van der Waals surface area contributed by atoms with Crippen LogP contribution in [-0.4, -0.2) is 20.5 Å². The van der Waals surface area contributed by atoms with Crippen molar-refractivity contribution in [3.8, 4) is 0 Å². The van der Waals surface area contributed by atoms with Crippen LogP contribution in [0.1, 0.15) is 11.1 Å². The minimum atomic E-state index is -4.63. The molecule has 2 aromatic carbocycles. The predicted molar refractivity (Wildman–Crippen MR) is 89.0 cm³/mol. The average Bonchev–Trinajstić information content (AvgIpc) is 2.55. The Balaban J connectivity index is 1.91. The standard InChI is InChI=1S/C16H14F3N3O3S/c1-9-4-2-3-5-11(9)21-15(23)14-20-12-8-10(16(17,18)19)6-7-13(12)26(24,25)22-14/h2-8,14,20,22H,1H3,(H,21,23)/t14-/m1/s1. The summed E-state index contributed by atoms with van der Waals surface area (Å²) in [5.74, 6) is -0.745. The molecule has 0 radical (unpaired) electrons. The second-order valence-electron chi connectivity index (χ2n) is 5.71. The van der Waals surface area contributed by atoms with Crippen LogP contribution in [0.4, 0.5) is 24.5 Å². The molecule has 1 heterocycles. The summed E-state index contributed by atoms with van der Waals surface area (Å²) in [6, 6.07) is 9.02. The van der Waals surface area contributed by atoms with Crippen molar-refractivity contribution in [2.45, 2.75) is 24.2 Å². The summed E-state index contributed by atoms with van der Waals surface area (Å²) in [5, 5.41) is 5.04. The van der Waals surface area contributed by atoms with Crippen LogP contribution in [0.25, 0.3) is 0 Å². The molecular formula is C16H14F3N3O3S. The maximum atomic E-state index is 12.9. The highest BCUT2D eigenvalue weighted by atomic mass is 32.2. The number of aryl methyl sites for hydroxylation is 1. The summed E-state index contributed by atoms with van der Waals surface area (Å²) in [7, 11) is -4.14. The number of halogens is 3. The molecule has 138 valence electrons. The zero-order chi connectivity index (χ0) is 19.1. The zero-order valence-electron chi connectivity index (χ0n) is 13.4. The molecule has 0 saturated heterocycles. The Bertz CT molecular complexity index is 974. The lowest BCUT2D eigenvalue weighted by molar-refractivity contribution is -0.137. The van der Waals surface area contributed by atoms with Crippen LogP contribution in [0, 0.1) is 6.92 Å². The Morgan fingerprint density at radius 3 is 2.50 bits per heavy atom. The number of alkyl halides is 3. The van der Waals surface area contributed by atoms with Gasteiger partial charge in [0.25, 0.3) is 5.91 Å². The van der Waals surface area contributed by atoms with E-state index in [9.17, 15) is 26.4 Å². The number of carbonyl (C=O) groups excluding carboxylic acids is 1. The Kier molecular flexibility index (Phi) is 4.41. The molecule has 2 aromatic rings. The number of hydrogen-bond acceptors (Lipinski definition) is 4. The summed E-state index contributed by atoms with van der Waals surface area (Å²) < 4.78 is 65.2. The molecule has 0 unspecified atom stereocenters. The van der Waals surface area contributed by atoms with E-state index in [1.807, 2.05) is 0 Å². The Labute approximate surface area is 147 Å². The summed E-state index contributed by atoms with van der Waals surface area (Å²) >= 11 is 0. The molecule has 0 fully saturated rings. The SMILES string of the molecule is Cc1ccccc1NC(=O)[C@@H]1Nc2cc(C(F)(F)F)ccc2S(=O)(=O)N1. The molecule has 0 aliphatic carbocycles. The van der Waals surface area contributed by atoms with Crippen LogP contribution in [-0.2, 0) is 21.0 Å². The van der Waals surface area contributed by atoms with Crippen LogP contribution in [0.3, 0.4) is 0 Å². The van der Waals surface area contributed by atoms with Gasteiger partial charge in [0.2, 0.25) is 10.0 Å². The molecule has 0 saturated carbocycles. The van der Waals surface area contributed by atoms with Crippen LogP contribution < -0.4 is 15.4 Å². The molecule has 0 bridgehead atoms. The molecule has 1 atom stereocenters. The molecule has 3 N–H and O–H groups in total. The van der Waals surface area contributed by atoms with Gasteiger partial charge in [-0.05, 0) is 36.8 Å². The number of hydrogen-bond donors (Lipinski definition) is 3. The van der Waals surface area contributed by atoms with Gasteiger partial charge in [-0.3, -0.25) is 4.79 Å². The molecular weight excluding hydrogens is 371 g/mol. The van der Waals surface area contributed by atoms with E-state index in [1.165, 1.54) is 0 Å². The highest BCUT2D eigenvalue weighted by molar-refractivity contribution is 7.89. The lowest BCUT2D eigenvalue weighted by Crippen LogP contribution is -2.51. The molecule has 0 aromatic heterocycles. The van der Waals surface area contributed by atoms with E-state index >= 15 is 0 Å². The fourth-order valence-electron chi connectivity index (χ4n) is 2.49. The number of nitrogens with one attached hydrogen (secondary N) is 3. The Morgan fingerprint density at radius 1 is 1.15 bits per heavy atom. The predicted octanol–water partition coefficient (Wildman–Crippen LogP) is 2.68. The first-order valence-corrected chi connectivity index (χ1v) is 8.93. The van der Waals surface area contributed by atoms with Crippen molar-refractivity contribution in [1.29, 1.82) is 0 Å². The van der Waals surface area contributed by atoms with Gasteiger partial charge in [-0.2, -0.15) is 17.9 Å². The van der Waals surface area contributed by atoms with Crippen molar-refractivity contribution < 1.29 is 26.4 Å². The average molecular weight is 385 g/mol. The molecule has 1 aliphatic heterocycles. The quantitative estimate of drug-likeness (QED) is 0.742. The van der Waals surface area contributed by atoms with Crippen molar-refractivity contribution in [3.63, 3.8) is 0 Å². The summed E-state index contributed by atoms with van der Waals surface area (Å²) in [4.78, 5) is 12.0. The second-order valence-corrected chi connectivity index (χ2v) is 7.39. The van der Waals surface area contributed by atoms with Crippen molar-refractivity contribution >= 4 is 27.3 Å². The lowest BCUT2D eigenvalue weighted by atomic mass is 10.2. The normalized spacial score (nSPS) is 18.5. The smallest absolute Gasteiger partial charge is 0.360 e. The third-order valence-electron chi connectivity index (χ3n) is 3.83. The molecule has 10 heteroatoms. The number of rotatable bonds is 2. The van der Waals surface area contributed by atoms with E-state index in [4.69, 9.17) is 0 Å². The van der Waals surface area contributed by atoms with E-state index in [1.54, 1.807) is 31.2 Å². The lowest BCUT2D eigenvalue weighted by Gasteiger charge is -2.28. The largest absolute Gasteiger partial charge is 0.416 e. The number of carbonyl (C=O) groups is 1. The minimum absolute atomic E-state index is 0.288. The van der Waals surface area contributed by atoms with Gasteiger partial charge in [-0.15, -0.1) is 0 Å². The fourth-order valence-corrected chi connectivity index (χ4v) is 3.75. The Morgan fingerprint density at radius 2 is 1.85 bits per heavy atom. The zero-order valence-corrected chi connectivity index (χ0v) is 14.2. The number of sulfonamides is 1. The van der Waals surface area contributed by atoms with E-state index in [-0.39, 0.29) is 10.6 Å². The first-order chi connectivity index (χ1) is 12.1. The van der Waals surface area contributed by atoms with Crippen LogP contribution in [0.2, 0.25) is 0 Å². The van der Waals surface area contributed by atoms with Gasteiger partial charge >= 0.3 is 6.18 Å². The summed E-state index contributed by atoms with van der Waals surface area (Å²) in [6.07, 6.45) is -6.08. The maximum Gasteiger partial charge on any atom is 0.416 e. The van der Waals surface area contributed by atoms with Crippen molar-refractivity contribution in [2.24, 2.45) is 0 Å². The molecule has 3 rings (SSSR count). The topological polar surface area (TPSA) is 87.3 Å². The fraction of sp³-hybridized carbons (Fsp3) is 0.188. The monoisotopic (exact) mass is 385 g/mol. The molecule has 6 nitrogen and oxygen atoms in total. The van der Waals surface area contributed by atoms with Crippen molar-refractivity contribution in [1.82, 2.24) is 4.72 Å². The van der Waals surface area contributed by atoms with Crippen LogP contribution in [0.5, 0.6) is 0 Å². The minimum Gasteiger partial charge on any atom is -0.360 e. The number of amides is 1. The van der Waals surface area contributed by atoms with Crippen molar-refractivity contribution in [2.75, 3.05) is 10.6 Å². The van der Waals surface area contributed by atoms with E-state index in [0.29, 0.717) is 17.8 Å². The van der Waals surface area contributed by atoms with Crippen LogP contribution >= 0.6 is 0 Å². The molecule has 26 heavy (non-hydrogen) atoms. The molecule has 1 aliphatic rings. The number of anilines is 2. The Hall–Kier alpha value is -2.59. The van der Waals surface area contributed by atoms with Gasteiger partial charge in [0.1, 0.15) is 4.90 Å². The number of benzene rings is 2. The highest BCUT2D eigenvalue weighted by Crippen LogP contribution is 2.35. The third-order valence-corrected chi connectivity index (χ3v) is 5.32. The first kappa shape index (κ1) is 18.2. The third kappa shape index (κ3) is 3.51. The molecule has 0 spiro atoms. The summed E-state index contributed by atoms with van der Waals surface area (Å²) in [5.41, 5.74) is -0.0879. The number of para-hydroxylation sites is 1.